The van der Waals surface area contributed by atoms with E-state index in [0.717, 1.165) is 30.4 Å². The monoisotopic (exact) mass is 329 g/mol. The molecular weight excluding hydrogens is 306 g/mol. The zero-order valence-electron chi connectivity index (χ0n) is 14.8. The van der Waals surface area contributed by atoms with E-state index in [-0.39, 0.29) is 0 Å². The van der Waals surface area contributed by atoms with E-state index in [1.807, 2.05) is 12.5 Å². The number of fused-ring (bicyclic) bond motifs is 3. The number of benzene rings is 2. The first-order chi connectivity index (χ1) is 12.2. The average molecular weight is 329 g/mol. The van der Waals surface area contributed by atoms with Crippen molar-refractivity contribution in [3.05, 3.63) is 72.2 Å². The molecule has 0 unspecified atom stereocenters. The number of imidazole rings is 1. The molecule has 2 heterocycles. The Morgan fingerprint density at radius 1 is 0.880 bits per heavy atom. The van der Waals surface area contributed by atoms with E-state index in [1.165, 1.54) is 22.0 Å². The Morgan fingerprint density at radius 3 is 2.48 bits per heavy atom. The van der Waals surface area contributed by atoms with Crippen molar-refractivity contribution < 1.29 is 0 Å². The lowest BCUT2D eigenvalue weighted by molar-refractivity contribution is 0.533. The second-order valence-corrected chi connectivity index (χ2v) is 7.12. The molecule has 0 saturated heterocycles. The largest absolute Gasteiger partial charge is 0.330 e. The number of hydrogen-bond acceptors (Lipinski definition) is 2. The van der Waals surface area contributed by atoms with Gasteiger partial charge in [-0.05, 0) is 42.0 Å². The van der Waals surface area contributed by atoms with E-state index in [9.17, 15) is 0 Å². The number of rotatable bonds is 5. The molecule has 2 aromatic carbocycles. The van der Waals surface area contributed by atoms with Crippen molar-refractivity contribution in [1.29, 1.82) is 0 Å². The lowest BCUT2D eigenvalue weighted by Gasteiger charge is -2.10. The number of aromatic nitrogens is 3. The Labute approximate surface area is 148 Å². The van der Waals surface area contributed by atoms with Gasteiger partial charge in [-0.1, -0.05) is 50.2 Å². The standard InChI is InChI=1S/C22H23N3/c1-16(2)14-25-15-24-21-13-23-20-11-10-18(12-19(20)22(21)25)9-8-17-6-4-3-5-7-17/h3-7,10-13,15-16H,8-9,14H2,1-2H3. The lowest BCUT2D eigenvalue weighted by atomic mass is 10.0. The van der Waals surface area contributed by atoms with E-state index < -0.39 is 0 Å². The van der Waals surface area contributed by atoms with E-state index >= 15 is 0 Å². The molecule has 0 aliphatic rings. The van der Waals surface area contributed by atoms with Crippen LogP contribution in [0, 0.1) is 5.92 Å². The maximum Gasteiger partial charge on any atom is 0.107 e. The summed E-state index contributed by atoms with van der Waals surface area (Å²) in [5, 5.41) is 1.21. The van der Waals surface area contributed by atoms with Gasteiger partial charge in [0.25, 0.3) is 0 Å². The Kier molecular flexibility index (Phi) is 4.22. The average Bonchev–Trinajstić information content (AvgIpc) is 3.03. The normalized spacial score (nSPS) is 11.6. The fourth-order valence-corrected chi connectivity index (χ4v) is 3.42. The van der Waals surface area contributed by atoms with E-state index in [0.29, 0.717) is 5.92 Å². The molecule has 0 radical (unpaired) electrons. The molecule has 4 aromatic rings. The van der Waals surface area contributed by atoms with Crippen molar-refractivity contribution >= 4 is 21.9 Å². The maximum atomic E-state index is 4.59. The van der Waals surface area contributed by atoms with Gasteiger partial charge in [-0.25, -0.2) is 4.98 Å². The minimum absolute atomic E-state index is 0.585. The molecule has 0 atom stereocenters. The van der Waals surface area contributed by atoms with Gasteiger partial charge in [0, 0.05) is 11.9 Å². The molecule has 0 aliphatic heterocycles. The van der Waals surface area contributed by atoms with Gasteiger partial charge >= 0.3 is 0 Å². The molecule has 0 saturated carbocycles. The van der Waals surface area contributed by atoms with Crippen LogP contribution in [-0.4, -0.2) is 14.5 Å². The zero-order chi connectivity index (χ0) is 17.2. The Bertz CT molecular complexity index is 1000. The van der Waals surface area contributed by atoms with Crippen molar-refractivity contribution in [2.24, 2.45) is 5.92 Å². The maximum absolute atomic E-state index is 4.59. The number of nitrogens with zero attached hydrogens (tertiary/aromatic N) is 3. The fourth-order valence-electron chi connectivity index (χ4n) is 3.42. The smallest absolute Gasteiger partial charge is 0.107 e. The summed E-state index contributed by atoms with van der Waals surface area (Å²) in [6.07, 6.45) is 5.93. The molecule has 126 valence electrons. The molecule has 0 spiro atoms. The van der Waals surface area contributed by atoms with E-state index in [1.54, 1.807) is 0 Å². The Morgan fingerprint density at radius 2 is 1.68 bits per heavy atom. The lowest BCUT2D eigenvalue weighted by Crippen LogP contribution is -2.03. The highest BCUT2D eigenvalue weighted by atomic mass is 15.0. The van der Waals surface area contributed by atoms with Crippen molar-refractivity contribution in [2.75, 3.05) is 0 Å². The summed E-state index contributed by atoms with van der Waals surface area (Å²) in [6.45, 7) is 5.45. The minimum atomic E-state index is 0.585. The van der Waals surface area contributed by atoms with Crippen LogP contribution in [0.4, 0.5) is 0 Å². The van der Waals surface area contributed by atoms with Gasteiger partial charge in [0.2, 0.25) is 0 Å². The van der Waals surface area contributed by atoms with Gasteiger partial charge in [-0.3, -0.25) is 4.98 Å². The molecule has 0 bridgehead atoms. The van der Waals surface area contributed by atoms with Gasteiger partial charge in [0.05, 0.1) is 23.6 Å². The third kappa shape index (κ3) is 3.27. The van der Waals surface area contributed by atoms with Crippen LogP contribution in [0.5, 0.6) is 0 Å². The molecule has 0 fully saturated rings. The first-order valence-corrected chi connectivity index (χ1v) is 8.97. The molecule has 0 amide bonds. The van der Waals surface area contributed by atoms with Gasteiger partial charge < -0.3 is 4.57 Å². The van der Waals surface area contributed by atoms with Crippen LogP contribution in [0.2, 0.25) is 0 Å². The minimum Gasteiger partial charge on any atom is -0.330 e. The van der Waals surface area contributed by atoms with Crippen LogP contribution in [0.25, 0.3) is 21.9 Å². The highest BCUT2D eigenvalue weighted by Gasteiger charge is 2.10. The second-order valence-electron chi connectivity index (χ2n) is 7.12. The van der Waals surface area contributed by atoms with Crippen molar-refractivity contribution in [1.82, 2.24) is 14.5 Å². The summed E-state index contributed by atoms with van der Waals surface area (Å²) in [7, 11) is 0. The second kappa shape index (κ2) is 6.67. The summed E-state index contributed by atoms with van der Waals surface area (Å²) >= 11 is 0. The van der Waals surface area contributed by atoms with Crippen molar-refractivity contribution in [3.8, 4) is 0 Å². The molecule has 3 nitrogen and oxygen atoms in total. The van der Waals surface area contributed by atoms with Gasteiger partial charge in [0.15, 0.2) is 0 Å². The number of pyridine rings is 1. The van der Waals surface area contributed by atoms with E-state index in [4.69, 9.17) is 0 Å². The highest BCUT2D eigenvalue weighted by molar-refractivity contribution is 6.02. The summed E-state index contributed by atoms with van der Waals surface area (Å²) < 4.78 is 2.27. The van der Waals surface area contributed by atoms with Crippen molar-refractivity contribution in [3.63, 3.8) is 0 Å². The van der Waals surface area contributed by atoms with Crippen LogP contribution in [0.1, 0.15) is 25.0 Å². The summed E-state index contributed by atoms with van der Waals surface area (Å²) in [6, 6.07) is 17.3. The van der Waals surface area contributed by atoms with Crippen LogP contribution < -0.4 is 0 Å². The molecule has 3 heteroatoms. The summed E-state index contributed by atoms with van der Waals surface area (Å²) in [5.41, 5.74) is 5.96. The van der Waals surface area contributed by atoms with Gasteiger partial charge in [0.1, 0.15) is 5.52 Å². The SMILES string of the molecule is CC(C)Cn1cnc2cnc3ccc(CCc4ccccc4)cc3c21. The molecule has 2 aromatic heterocycles. The van der Waals surface area contributed by atoms with E-state index in [2.05, 4.69) is 76.9 Å². The van der Waals surface area contributed by atoms with Crippen LogP contribution >= 0.6 is 0 Å². The van der Waals surface area contributed by atoms with Crippen LogP contribution in [-0.2, 0) is 19.4 Å². The Balaban J connectivity index is 1.72. The van der Waals surface area contributed by atoms with Gasteiger partial charge in [-0.2, -0.15) is 0 Å². The predicted molar refractivity (Wildman–Crippen MR) is 104 cm³/mol. The fraction of sp³-hybridized carbons (Fsp3) is 0.273. The van der Waals surface area contributed by atoms with Crippen LogP contribution in [0.3, 0.4) is 0 Å². The topological polar surface area (TPSA) is 30.7 Å². The van der Waals surface area contributed by atoms with Crippen LogP contribution in [0.15, 0.2) is 61.1 Å². The number of hydrogen-bond donors (Lipinski definition) is 0. The summed E-state index contributed by atoms with van der Waals surface area (Å²) in [5.74, 6) is 0.585. The Hall–Kier alpha value is -2.68. The molecule has 0 N–H and O–H groups in total. The van der Waals surface area contributed by atoms with Crippen molar-refractivity contribution in [2.45, 2.75) is 33.2 Å². The molecule has 25 heavy (non-hydrogen) atoms. The first-order valence-electron chi connectivity index (χ1n) is 8.97. The predicted octanol–water partition coefficient (Wildman–Crippen LogP) is 5.03. The first kappa shape index (κ1) is 15.8. The quantitative estimate of drug-likeness (QED) is 0.514. The third-order valence-electron chi connectivity index (χ3n) is 4.62. The molecular formula is C22H23N3. The summed E-state index contributed by atoms with van der Waals surface area (Å²) in [4.78, 5) is 9.13. The molecule has 4 rings (SSSR count). The zero-order valence-corrected chi connectivity index (χ0v) is 14.8. The highest BCUT2D eigenvalue weighted by Crippen LogP contribution is 2.25. The van der Waals surface area contributed by atoms with Gasteiger partial charge in [-0.15, -0.1) is 0 Å². The molecule has 0 aliphatic carbocycles. The number of aryl methyl sites for hydroxylation is 2. The third-order valence-corrected chi connectivity index (χ3v) is 4.62.